The van der Waals surface area contributed by atoms with Gasteiger partial charge in [0.2, 0.25) is 0 Å². The number of hydrogen-bond acceptors (Lipinski definition) is 5. The molecule has 0 saturated carbocycles. The molecule has 0 spiro atoms. The molecule has 35 heavy (non-hydrogen) atoms. The molecule has 0 heterocycles. The first-order chi connectivity index (χ1) is 15.9. The highest BCUT2D eigenvalue weighted by atomic mass is 28.4. The van der Waals surface area contributed by atoms with E-state index in [2.05, 4.69) is 72.0 Å². The Morgan fingerprint density at radius 3 is 1.11 bits per heavy atom. The summed E-state index contributed by atoms with van der Waals surface area (Å²) in [4.78, 5) is 0. The lowest BCUT2D eigenvalue weighted by Gasteiger charge is -2.27. The van der Waals surface area contributed by atoms with E-state index in [0.29, 0.717) is 0 Å². The lowest BCUT2D eigenvalue weighted by molar-refractivity contribution is 0.402. The molecule has 0 aliphatic carbocycles. The van der Waals surface area contributed by atoms with E-state index in [0.717, 1.165) is 0 Å². The highest BCUT2D eigenvalue weighted by molar-refractivity contribution is 6.79. The van der Waals surface area contributed by atoms with Gasteiger partial charge in [-0.1, -0.05) is 6.42 Å². The van der Waals surface area contributed by atoms with Crippen LogP contribution in [0.25, 0.3) is 0 Å². The Labute approximate surface area is 234 Å². The molecule has 0 aromatic heterocycles. The molecular formula is C21H62O5Si9. The number of hydrogen-bond donors (Lipinski definition) is 0. The zero-order valence-corrected chi connectivity index (χ0v) is 36.4. The first-order valence-corrected chi connectivity index (χ1v) is 36.2. The molecular weight excluding hydrogens is 585 g/mol. The van der Waals surface area contributed by atoms with Gasteiger partial charge in [-0.25, -0.2) is 0 Å². The molecule has 0 radical (unpaired) electrons. The normalized spacial score (nSPS) is 15.4. The SMILES string of the molecule is CO[Si](C)(C)CCC[SiH2]O[Si](C)(C)CC[SiH2]O[Si](C)(C)CC[SiH2]O[Si](C)(C)CC[SiH2]O[Si](C)(C)C. The van der Waals surface area contributed by atoms with Gasteiger partial charge in [0.15, 0.2) is 41.6 Å². The Morgan fingerprint density at radius 1 is 0.429 bits per heavy atom. The van der Waals surface area contributed by atoms with E-state index in [-0.39, 0.29) is 19.5 Å². The van der Waals surface area contributed by atoms with Crippen LogP contribution in [0.5, 0.6) is 0 Å². The molecule has 0 bridgehead atoms. The maximum atomic E-state index is 6.58. The molecule has 0 aromatic carbocycles. The van der Waals surface area contributed by atoms with E-state index in [1.54, 1.807) is 0 Å². The lowest BCUT2D eigenvalue weighted by atomic mass is 10.6. The summed E-state index contributed by atoms with van der Waals surface area (Å²) in [5, 5.41) is 0. The van der Waals surface area contributed by atoms with Gasteiger partial charge in [0, 0.05) is 7.11 Å². The fourth-order valence-corrected chi connectivity index (χ4v) is 31.2. The average Bonchev–Trinajstić information content (AvgIpc) is 2.71. The van der Waals surface area contributed by atoms with Gasteiger partial charge in [-0.3, -0.25) is 0 Å². The van der Waals surface area contributed by atoms with Gasteiger partial charge in [-0.05, 0) is 120 Å². The highest BCUT2D eigenvalue weighted by Crippen LogP contribution is 2.20. The van der Waals surface area contributed by atoms with Gasteiger partial charge in [0.1, 0.15) is 39.1 Å². The third kappa shape index (κ3) is 23.4. The molecule has 0 rings (SSSR count). The predicted octanol–water partition coefficient (Wildman–Crippen LogP) is 4.75. The Balaban J connectivity index is 3.96. The van der Waals surface area contributed by atoms with E-state index in [1.165, 1.54) is 54.8 Å². The van der Waals surface area contributed by atoms with Gasteiger partial charge < -0.3 is 20.9 Å². The standard InChI is InChI=1S/C21H62O5Si9/c1-22-32(5,6)18-13-14-27-24-33(7,8)20-16-29-26-35(11,12)21-17-30-25-34(9,10)19-15-28-23-31(2,3)4/h13-21,27-30H2,1-12H3. The Bertz CT molecular complexity index is 558. The Hall–Kier alpha value is 1.75. The molecule has 0 fully saturated rings. The van der Waals surface area contributed by atoms with E-state index >= 15 is 0 Å². The van der Waals surface area contributed by atoms with Crippen molar-refractivity contribution in [3.63, 3.8) is 0 Å². The van der Waals surface area contributed by atoms with Crippen molar-refractivity contribution >= 4 is 80.6 Å². The molecule has 0 saturated heterocycles. The molecule has 5 nitrogen and oxygen atoms in total. The van der Waals surface area contributed by atoms with Crippen molar-refractivity contribution < 1.29 is 20.9 Å². The van der Waals surface area contributed by atoms with Crippen molar-refractivity contribution in [2.45, 2.75) is 127 Å². The van der Waals surface area contributed by atoms with Gasteiger partial charge in [-0.15, -0.1) is 0 Å². The molecule has 0 unspecified atom stereocenters. The van der Waals surface area contributed by atoms with Crippen molar-refractivity contribution in [1.29, 1.82) is 0 Å². The van der Waals surface area contributed by atoms with Crippen LogP contribution < -0.4 is 0 Å². The molecule has 0 atom stereocenters. The van der Waals surface area contributed by atoms with Crippen LogP contribution in [0.3, 0.4) is 0 Å². The fraction of sp³-hybridized carbons (Fsp3) is 1.00. The van der Waals surface area contributed by atoms with E-state index in [4.69, 9.17) is 20.9 Å². The largest absolute Gasteiger partial charge is 0.461 e. The molecule has 0 amide bonds. The summed E-state index contributed by atoms with van der Waals surface area (Å²) in [6, 6.07) is 10.3. The van der Waals surface area contributed by atoms with E-state index < -0.39 is 61.1 Å². The monoisotopic (exact) mass is 646 g/mol. The van der Waals surface area contributed by atoms with Crippen molar-refractivity contribution in [3.05, 3.63) is 0 Å². The minimum atomic E-state index is -1.51. The van der Waals surface area contributed by atoms with Crippen molar-refractivity contribution in [1.82, 2.24) is 0 Å². The summed E-state index contributed by atoms with van der Waals surface area (Å²) >= 11 is 0. The third-order valence-corrected chi connectivity index (χ3v) is 34.8. The first kappa shape index (κ1) is 36.8. The second-order valence-corrected chi connectivity index (χ2v) is 43.3. The fourth-order valence-electron chi connectivity index (χ4n) is 3.89. The topological polar surface area (TPSA) is 46.2 Å². The van der Waals surface area contributed by atoms with Gasteiger partial charge in [0.05, 0.1) is 0 Å². The lowest BCUT2D eigenvalue weighted by Crippen LogP contribution is -2.36. The minimum Gasteiger partial charge on any atom is -0.461 e. The second-order valence-electron chi connectivity index (χ2n) is 13.5. The molecule has 0 aliphatic heterocycles. The van der Waals surface area contributed by atoms with Crippen molar-refractivity contribution in [2.75, 3.05) is 7.11 Å². The summed E-state index contributed by atoms with van der Waals surface area (Å²) in [5.41, 5.74) is 0. The van der Waals surface area contributed by atoms with Crippen LogP contribution in [0, 0.1) is 0 Å². The molecule has 212 valence electrons. The van der Waals surface area contributed by atoms with Crippen LogP contribution in [-0.4, -0.2) is 87.7 Å². The van der Waals surface area contributed by atoms with Crippen molar-refractivity contribution in [3.8, 4) is 0 Å². The zero-order valence-electron chi connectivity index (χ0n) is 25.7. The first-order valence-electron chi connectivity index (χ1n) is 14.0. The van der Waals surface area contributed by atoms with Gasteiger partial charge in [0.25, 0.3) is 0 Å². The van der Waals surface area contributed by atoms with Crippen LogP contribution in [-0.2, 0) is 20.9 Å². The van der Waals surface area contributed by atoms with Gasteiger partial charge >= 0.3 is 0 Å². The van der Waals surface area contributed by atoms with Crippen LogP contribution in [0.1, 0.15) is 6.42 Å². The molecule has 0 aliphatic rings. The summed E-state index contributed by atoms with van der Waals surface area (Å²) in [6.07, 6.45) is 1.29. The average molecular weight is 647 g/mol. The van der Waals surface area contributed by atoms with E-state index in [1.807, 2.05) is 7.11 Å². The van der Waals surface area contributed by atoms with Crippen LogP contribution >= 0.6 is 0 Å². The minimum absolute atomic E-state index is 0.344. The predicted molar refractivity (Wildman–Crippen MR) is 182 cm³/mol. The van der Waals surface area contributed by atoms with Crippen LogP contribution in [0.2, 0.25) is 120 Å². The smallest absolute Gasteiger partial charge is 0.186 e. The summed E-state index contributed by atoms with van der Waals surface area (Å²) in [5.74, 6) is 0. The van der Waals surface area contributed by atoms with Crippen molar-refractivity contribution in [2.24, 2.45) is 0 Å². The summed E-state index contributed by atoms with van der Waals surface area (Å²) in [7, 11) is -6.82. The maximum absolute atomic E-state index is 6.58. The summed E-state index contributed by atoms with van der Waals surface area (Å²) in [6.45, 7) is 26.0. The zero-order chi connectivity index (χ0) is 27.2. The third-order valence-electron chi connectivity index (χ3n) is 6.51. The van der Waals surface area contributed by atoms with Gasteiger partial charge in [-0.2, -0.15) is 0 Å². The van der Waals surface area contributed by atoms with Crippen LogP contribution in [0.4, 0.5) is 0 Å². The molecule has 0 N–H and O–H groups in total. The number of rotatable bonds is 22. The highest BCUT2D eigenvalue weighted by Gasteiger charge is 2.26. The Kier molecular flexibility index (Phi) is 18.3. The van der Waals surface area contributed by atoms with Crippen LogP contribution in [0.15, 0.2) is 0 Å². The summed E-state index contributed by atoms with van der Waals surface area (Å²) < 4.78 is 31.4. The molecule has 0 aromatic rings. The second kappa shape index (κ2) is 17.4. The maximum Gasteiger partial charge on any atom is 0.186 e. The quantitative estimate of drug-likeness (QED) is 0.126. The molecule has 14 heteroatoms. The Morgan fingerprint density at radius 2 is 0.771 bits per heavy atom. The van der Waals surface area contributed by atoms with E-state index in [9.17, 15) is 0 Å².